The highest BCUT2D eigenvalue weighted by Crippen LogP contribution is 2.34. The maximum Gasteiger partial charge on any atom is 0.417 e. The first-order valence-corrected chi connectivity index (χ1v) is 6.34. The van der Waals surface area contributed by atoms with Gasteiger partial charge in [0.25, 0.3) is 0 Å². The Hall–Kier alpha value is -2.48. The quantitative estimate of drug-likeness (QED) is 0.885. The molecule has 0 aliphatic rings. The van der Waals surface area contributed by atoms with E-state index >= 15 is 0 Å². The van der Waals surface area contributed by atoms with Gasteiger partial charge in [-0.05, 0) is 30.7 Å². The van der Waals surface area contributed by atoms with Gasteiger partial charge >= 0.3 is 6.18 Å². The lowest BCUT2D eigenvalue weighted by atomic mass is 10.1. The lowest BCUT2D eigenvalue weighted by Crippen LogP contribution is -2.11. The molecule has 0 heterocycles. The molecule has 0 bridgehead atoms. The normalized spacial score (nSPS) is 12.5. The summed E-state index contributed by atoms with van der Waals surface area (Å²) in [7, 11) is 0. The van der Waals surface area contributed by atoms with Crippen LogP contribution in [0.5, 0.6) is 0 Å². The van der Waals surface area contributed by atoms with Crippen molar-refractivity contribution >= 4 is 5.69 Å². The third-order valence-corrected chi connectivity index (χ3v) is 3.13. The fraction of sp³-hybridized carbons (Fsp3) is 0.188. The first kappa shape index (κ1) is 14.9. The lowest BCUT2D eigenvalue weighted by molar-refractivity contribution is -0.137. The highest BCUT2D eigenvalue weighted by molar-refractivity contribution is 5.54. The van der Waals surface area contributed by atoms with Crippen molar-refractivity contribution < 1.29 is 13.2 Å². The van der Waals surface area contributed by atoms with Crippen LogP contribution in [0.15, 0.2) is 48.5 Å². The van der Waals surface area contributed by atoms with Crippen LogP contribution in [0.1, 0.15) is 29.7 Å². The van der Waals surface area contributed by atoms with E-state index in [-0.39, 0.29) is 11.6 Å². The van der Waals surface area contributed by atoms with Crippen molar-refractivity contribution in [2.75, 3.05) is 5.32 Å². The summed E-state index contributed by atoms with van der Waals surface area (Å²) in [6.07, 6.45) is -4.54. The SMILES string of the molecule is CC(Nc1ccc(C#N)c(C(F)(F)F)c1)c1ccccc1. The molecule has 2 aromatic carbocycles. The molecule has 0 saturated heterocycles. The van der Waals surface area contributed by atoms with Gasteiger partial charge in [-0.3, -0.25) is 0 Å². The van der Waals surface area contributed by atoms with Crippen molar-refractivity contribution in [3.05, 3.63) is 65.2 Å². The molecule has 0 aromatic heterocycles. The van der Waals surface area contributed by atoms with Crippen LogP contribution in [0.25, 0.3) is 0 Å². The van der Waals surface area contributed by atoms with Crippen molar-refractivity contribution in [3.8, 4) is 6.07 Å². The average molecular weight is 290 g/mol. The molecule has 0 amide bonds. The fourth-order valence-corrected chi connectivity index (χ4v) is 2.04. The third kappa shape index (κ3) is 3.54. The van der Waals surface area contributed by atoms with Gasteiger partial charge in [-0.15, -0.1) is 0 Å². The Balaban J connectivity index is 2.28. The minimum atomic E-state index is -4.54. The molecule has 108 valence electrons. The Morgan fingerprint density at radius 3 is 2.33 bits per heavy atom. The number of nitrogens with zero attached hydrogens (tertiary/aromatic N) is 1. The van der Waals surface area contributed by atoms with E-state index in [2.05, 4.69) is 5.32 Å². The van der Waals surface area contributed by atoms with Crippen LogP contribution in [0.2, 0.25) is 0 Å². The predicted molar refractivity (Wildman–Crippen MR) is 74.6 cm³/mol. The monoisotopic (exact) mass is 290 g/mol. The summed E-state index contributed by atoms with van der Waals surface area (Å²) < 4.78 is 38.7. The highest BCUT2D eigenvalue weighted by atomic mass is 19.4. The summed E-state index contributed by atoms with van der Waals surface area (Å²) in [5, 5.41) is 11.8. The van der Waals surface area contributed by atoms with Crippen LogP contribution in [0.4, 0.5) is 18.9 Å². The Morgan fingerprint density at radius 1 is 1.10 bits per heavy atom. The molecular weight excluding hydrogens is 277 g/mol. The minimum Gasteiger partial charge on any atom is -0.379 e. The van der Waals surface area contributed by atoms with Gasteiger partial charge in [0.1, 0.15) is 0 Å². The van der Waals surface area contributed by atoms with Crippen LogP contribution in [-0.4, -0.2) is 0 Å². The molecule has 2 rings (SSSR count). The zero-order valence-corrected chi connectivity index (χ0v) is 11.3. The summed E-state index contributed by atoms with van der Waals surface area (Å²) in [5.41, 5.74) is 0.00349. The smallest absolute Gasteiger partial charge is 0.379 e. The molecule has 1 N–H and O–H groups in total. The highest BCUT2D eigenvalue weighted by Gasteiger charge is 2.33. The zero-order valence-electron chi connectivity index (χ0n) is 11.3. The maximum atomic E-state index is 12.9. The van der Waals surface area contributed by atoms with E-state index in [0.29, 0.717) is 5.69 Å². The first-order valence-electron chi connectivity index (χ1n) is 6.34. The maximum absolute atomic E-state index is 12.9. The molecule has 2 nitrogen and oxygen atoms in total. The van der Waals surface area contributed by atoms with Crippen LogP contribution in [-0.2, 0) is 6.18 Å². The molecule has 0 radical (unpaired) electrons. The second-order valence-electron chi connectivity index (χ2n) is 4.65. The van der Waals surface area contributed by atoms with E-state index in [1.807, 2.05) is 37.3 Å². The number of benzene rings is 2. The Labute approximate surface area is 120 Å². The van der Waals surface area contributed by atoms with E-state index in [9.17, 15) is 13.2 Å². The number of nitriles is 1. The topological polar surface area (TPSA) is 35.8 Å². The van der Waals surface area contributed by atoms with Crippen LogP contribution >= 0.6 is 0 Å². The van der Waals surface area contributed by atoms with E-state index in [1.54, 1.807) is 6.07 Å². The van der Waals surface area contributed by atoms with Gasteiger partial charge in [-0.25, -0.2) is 0 Å². The number of halogens is 3. The van der Waals surface area contributed by atoms with Crippen molar-refractivity contribution in [1.29, 1.82) is 5.26 Å². The summed E-state index contributed by atoms with van der Waals surface area (Å²) >= 11 is 0. The second-order valence-corrected chi connectivity index (χ2v) is 4.65. The van der Waals surface area contributed by atoms with E-state index in [0.717, 1.165) is 11.6 Å². The molecular formula is C16H13F3N2. The van der Waals surface area contributed by atoms with Gasteiger partial charge in [0.05, 0.1) is 17.2 Å². The molecule has 21 heavy (non-hydrogen) atoms. The molecule has 0 spiro atoms. The third-order valence-electron chi connectivity index (χ3n) is 3.13. The van der Waals surface area contributed by atoms with Crippen LogP contribution < -0.4 is 5.32 Å². The molecule has 0 aliphatic heterocycles. The summed E-state index contributed by atoms with van der Waals surface area (Å²) in [6.45, 7) is 1.86. The standard InChI is InChI=1S/C16H13F3N2/c1-11(12-5-3-2-4-6-12)21-14-8-7-13(10-20)15(9-14)16(17,18)19/h2-9,11,21H,1H3. The second kappa shape index (κ2) is 5.88. The predicted octanol–water partition coefficient (Wildman–Crippen LogP) is 4.75. The summed E-state index contributed by atoms with van der Waals surface area (Å²) in [6, 6.07) is 14.5. The van der Waals surface area contributed by atoms with Gasteiger partial charge in [0.2, 0.25) is 0 Å². The summed E-state index contributed by atoms with van der Waals surface area (Å²) in [5.74, 6) is 0. The average Bonchev–Trinajstić information content (AvgIpc) is 2.47. The number of hydrogen-bond donors (Lipinski definition) is 1. The molecule has 2 aromatic rings. The summed E-state index contributed by atoms with van der Waals surface area (Å²) in [4.78, 5) is 0. The van der Waals surface area contributed by atoms with Crippen molar-refractivity contribution in [1.82, 2.24) is 0 Å². The van der Waals surface area contributed by atoms with Crippen LogP contribution in [0.3, 0.4) is 0 Å². The molecule has 1 atom stereocenters. The fourth-order valence-electron chi connectivity index (χ4n) is 2.04. The molecule has 0 fully saturated rings. The van der Waals surface area contributed by atoms with Gasteiger partial charge in [-0.2, -0.15) is 18.4 Å². The van der Waals surface area contributed by atoms with Gasteiger partial charge in [0.15, 0.2) is 0 Å². The van der Waals surface area contributed by atoms with Gasteiger partial charge < -0.3 is 5.32 Å². The first-order chi connectivity index (χ1) is 9.91. The Bertz CT molecular complexity index is 657. The van der Waals surface area contributed by atoms with Crippen molar-refractivity contribution in [3.63, 3.8) is 0 Å². The number of anilines is 1. The molecule has 0 saturated carbocycles. The number of hydrogen-bond acceptors (Lipinski definition) is 2. The minimum absolute atomic E-state index is 0.139. The van der Waals surface area contributed by atoms with Crippen molar-refractivity contribution in [2.24, 2.45) is 0 Å². The van der Waals surface area contributed by atoms with Gasteiger partial charge in [-0.1, -0.05) is 30.3 Å². The van der Waals surface area contributed by atoms with E-state index in [1.165, 1.54) is 12.1 Å². The van der Waals surface area contributed by atoms with E-state index < -0.39 is 11.7 Å². The lowest BCUT2D eigenvalue weighted by Gasteiger charge is -2.17. The van der Waals surface area contributed by atoms with Gasteiger partial charge in [0, 0.05) is 11.7 Å². The molecule has 5 heteroatoms. The Morgan fingerprint density at radius 2 is 1.76 bits per heavy atom. The molecule has 0 aliphatic carbocycles. The van der Waals surface area contributed by atoms with E-state index in [4.69, 9.17) is 5.26 Å². The largest absolute Gasteiger partial charge is 0.417 e. The number of alkyl halides is 3. The Kier molecular flexibility index (Phi) is 4.18. The number of rotatable bonds is 3. The van der Waals surface area contributed by atoms with Crippen LogP contribution in [0, 0.1) is 11.3 Å². The zero-order chi connectivity index (χ0) is 15.5. The molecule has 1 unspecified atom stereocenters. The number of nitrogens with one attached hydrogen (secondary N) is 1. The van der Waals surface area contributed by atoms with Crippen molar-refractivity contribution in [2.45, 2.75) is 19.1 Å².